The summed E-state index contributed by atoms with van der Waals surface area (Å²) >= 11 is 0. The minimum atomic E-state index is -0.588. The topological polar surface area (TPSA) is 88.7 Å². The van der Waals surface area contributed by atoms with Crippen LogP contribution in [-0.2, 0) is 6.42 Å². The molecule has 2 aromatic rings. The highest BCUT2D eigenvalue weighted by atomic mass is 16.5. The van der Waals surface area contributed by atoms with Crippen molar-refractivity contribution in [3.05, 3.63) is 41.5 Å². The highest BCUT2D eigenvalue weighted by molar-refractivity contribution is 5.92. The Hall–Kier alpha value is -2.41. The Bertz CT molecular complexity index is 700. The van der Waals surface area contributed by atoms with Crippen LogP contribution in [0.2, 0.25) is 0 Å². The number of nitrogens with zero attached hydrogens (tertiary/aromatic N) is 3. The molecule has 0 aliphatic carbocycles. The summed E-state index contributed by atoms with van der Waals surface area (Å²) in [7, 11) is 1.54. The van der Waals surface area contributed by atoms with Crippen LogP contribution in [0, 0.1) is 12.8 Å². The molecule has 7 heteroatoms. The molecule has 7 nitrogen and oxygen atoms in total. The second kappa shape index (κ2) is 6.37. The van der Waals surface area contributed by atoms with Crippen LogP contribution in [0.25, 0.3) is 0 Å². The lowest BCUT2D eigenvalue weighted by molar-refractivity contribution is 0.0758. The van der Waals surface area contributed by atoms with Crippen molar-refractivity contribution >= 4 is 5.91 Å². The highest BCUT2D eigenvalue weighted by Gasteiger charge is 2.35. The van der Waals surface area contributed by atoms with Gasteiger partial charge in [0.05, 0.1) is 18.9 Å². The highest BCUT2D eigenvalue weighted by Crippen LogP contribution is 2.23. The zero-order valence-corrected chi connectivity index (χ0v) is 13.1. The zero-order valence-electron chi connectivity index (χ0n) is 13.1. The van der Waals surface area contributed by atoms with Gasteiger partial charge in [0.2, 0.25) is 0 Å². The van der Waals surface area contributed by atoms with Gasteiger partial charge in [0, 0.05) is 43.8 Å². The number of carbonyl (C=O) groups excluding carboxylic acids is 1. The largest absolute Gasteiger partial charge is 0.497 e. The van der Waals surface area contributed by atoms with Gasteiger partial charge in [-0.1, -0.05) is 5.16 Å². The molecule has 1 aliphatic rings. The summed E-state index contributed by atoms with van der Waals surface area (Å²) in [5.74, 6) is 1.02. The third-order valence-electron chi connectivity index (χ3n) is 4.02. The quantitative estimate of drug-likeness (QED) is 0.907. The monoisotopic (exact) mass is 317 g/mol. The fourth-order valence-corrected chi connectivity index (χ4v) is 2.81. The average Bonchev–Trinajstić information content (AvgIpc) is 3.13. The number of pyridine rings is 1. The summed E-state index contributed by atoms with van der Waals surface area (Å²) in [6.45, 7) is 2.59. The van der Waals surface area contributed by atoms with E-state index in [1.165, 1.54) is 6.20 Å². The Labute approximate surface area is 133 Å². The molecule has 23 heavy (non-hydrogen) atoms. The van der Waals surface area contributed by atoms with Gasteiger partial charge < -0.3 is 19.3 Å². The lowest BCUT2D eigenvalue weighted by atomic mass is 10.0. The van der Waals surface area contributed by atoms with Gasteiger partial charge in [-0.15, -0.1) is 0 Å². The maximum atomic E-state index is 12.5. The molecule has 3 heterocycles. The molecule has 3 rings (SSSR count). The molecule has 1 amide bonds. The van der Waals surface area contributed by atoms with E-state index in [2.05, 4.69) is 10.1 Å². The summed E-state index contributed by atoms with van der Waals surface area (Å²) in [5.41, 5.74) is 1.12. The van der Waals surface area contributed by atoms with Gasteiger partial charge >= 0.3 is 0 Å². The van der Waals surface area contributed by atoms with E-state index in [1.807, 2.05) is 13.0 Å². The SMILES string of the molecule is COc1ccnc(C(=O)N2C[C@@H](Cc3cc(C)no3)[C@@H](O)C2)c1. The van der Waals surface area contributed by atoms with E-state index < -0.39 is 6.10 Å². The first-order valence-electron chi connectivity index (χ1n) is 7.46. The molecule has 0 saturated carbocycles. The molecule has 2 aromatic heterocycles. The molecule has 0 unspecified atom stereocenters. The van der Waals surface area contributed by atoms with E-state index in [0.29, 0.717) is 24.4 Å². The predicted molar refractivity (Wildman–Crippen MR) is 81.1 cm³/mol. The number of rotatable bonds is 4. The maximum absolute atomic E-state index is 12.5. The maximum Gasteiger partial charge on any atom is 0.272 e. The van der Waals surface area contributed by atoms with E-state index in [9.17, 15) is 9.90 Å². The van der Waals surface area contributed by atoms with Crippen LogP contribution in [0.1, 0.15) is 21.9 Å². The molecule has 1 saturated heterocycles. The second-order valence-electron chi connectivity index (χ2n) is 5.76. The number of methoxy groups -OCH3 is 1. The number of aromatic nitrogens is 2. The Kier molecular flexibility index (Phi) is 4.29. The Morgan fingerprint density at radius 1 is 1.48 bits per heavy atom. The third-order valence-corrected chi connectivity index (χ3v) is 4.02. The molecule has 0 bridgehead atoms. The first-order valence-corrected chi connectivity index (χ1v) is 7.46. The normalized spacial score (nSPS) is 20.7. The number of aliphatic hydroxyl groups is 1. The zero-order chi connectivity index (χ0) is 16.4. The summed E-state index contributed by atoms with van der Waals surface area (Å²) < 4.78 is 10.3. The minimum absolute atomic E-state index is 0.0723. The lowest BCUT2D eigenvalue weighted by Crippen LogP contribution is -2.30. The molecular weight excluding hydrogens is 298 g/mol. The molecule has 0 spiro atoms. The molecular formula is C16H19N3O4. The Morgan fingerprint density at radius 2 is 2.30 bits per heavy atom. The van der Waals surface area contributed by atoms with E-state index in [4.69, 9.17) is 9.26 Å². The van der Waals surface area contributed by atoms with Crippen LogP contribution >= 0.6 is 0 Å². The van der Waals surface area contributed by atoms with Crippen LogP contribution in [0.4, 0.5) is 0 Å². The first kappa shape index (κ1) is 15.5. The number of aryl methyl sites for hydroxylation is 1. The lowest BCUT2D eigenvalue weighted by Gasteiger charge is -2.15. The molecule has 1 N–H and O–H groups in total. The Balaban J connectivity index is 1.68. The number of carbonyl (C=O) groups is 1. The van der Waals surface area contributed by atoms with E-state index >= 15 is 0 Å². The molecule has 1 fully saturated rings. The van der Waals surface area contributed by atoms with E-state index in [-0.39, 0.29) is 18.4 Å². The second-order valence-corrected chi connectivity index (χ2v) is 5.76. The van der Waals surface area contributed by atoms with Crippen molar-refractivity contribution in [3.8, 4) is 5.75 Å². The molecule has 2 atom stereocenters. The van der Waals surface area contributed by atoms with Crippen LogP contribution in [0.5, 0.6) is 5.75 Å². The summed E-state index contributed by atoms with van der Waals surface area (Å²) in [4.78, 5) is 18.2. The van der Waals surface area contributed by atoms with Gasteiger partial charge in [-0.25, -0.2) is 0 Å². The van der Waals surface area contributed by atoms with Crippen molar-refractivity contribution < 1.29 is 19.2 Å². The fraction of sp³-hybridized carbons (Fsp3) is 0.438. The molecule has 122 valence electrons. The van der Waals surface area contributed by atoms with Gasteiger partial charge in [0.15, 0.2) is 0 Å². The van der Waals surface area contributed by atoms with Crippen LogP contribution in [0.3, 0.4) is 0 Å². The number of hydrogen-bond donors (Lipinski definition) is 1. The van der Waals surface area contributed by atoms with Crippen molar-refractivity contribution in [1.82, 2.24) is 15.0 Å². The molecule has 1 aliphatic heterocycles. The number of hydrogen-bond acceptors (Lipinski definition) is 6. The van der Waals surface area contributed by atoms with Crippen molar-refractivity contribution in [2.24, 2.45) is 5.92 Å². The van der Waals surface area contributed by atoms with Gasteiger partial charge in [-0.3, -0.25) is 9.78 Å². The summed E-state index contributed by atoms with van der Waals surface area (Å²) in [5, 5.41) is 14.1. The summed E-state index contributed by atoms with van der Waals surface area (Å²) in [6, 6.07) is 5.13. The average molecular weight is 317 g/mol. The molecule has 0 aromatic carbocycles. The van der Waals surface area contributed by atoms with Gasteiger partial charge in [0.1, 0.15) is 17.2 Å². The number of ether oxygens (including phenoxy) is 1. The number of aliphatic hydroxyl groups excluding tert-OH is 1. The van der Waals surface area contributed by atoms with E-state index in [0.717, 1.165) is 11.5 Å². The van der Waals surface area contributed by atoms with Crippen molar-refractivity contribution in [2.45, 2.75) is 19.4 Å². The molecule has 0 radical (unpaired) electrons. The van der Waals surface area contributed by atoms with Crippen LogP contribution in [-0.4, -0.2) is 52.4 Å². The van der Waals surface area contributed by atoms with Gasteiger partial charge in [-0.05, 0) is 13.0 Å². The van der Waals surface area contributed by atoms with Crippen molar-refractivity contribution in [3.63, 3.8) is 0 Å². The number of likely N-dealkylation sites (tertiary alicyclic amines) is 1. The van der Waals surface area contributed by atoms with Crippen molar-refractivity contribution in [1.29, 1.82) is 0 Å². The fourth-order valence-electron chi connectivity index (χ4n) is 2.81. The predicted octanol–water partition coefficient (Wildman–Crippen LogP) is 1.06. The van der Waals surface area contributed by atoms with Gasteiger partial charge in [-0.2, -0.15) is 0 Å². The number of β-amino-alcohol motifs (C(OH)–C–C–N with tert-alkyl or cyclic N) is 1. The first-order chi connectivity index (χ1) is 11.1. The van der Waals surface area contributed by atoms with Gasteiger partial charge in [0.25, 0.3) is 5.91 Å². The Morgan fingerprint density at radius 3 is 3.00 bits per heavy atom. The third kappa shape index (κ3) is 3.34. The summed E-state index contributed by atoms with van der Waals surface area (Å²) in [6.07, 6.45) is 1.50. The number of amides is 1. The standard InChI is InChI=1S/C16H19N3O4/c1-10-5-13(23-18-10)6-11-8-19(9-15(11)20)16(21)14-7-12(22-2)3-4-17-14/h3-5,7,11,15,20H,6,8-9H2,1-2H3/t11-,15+/m1/s1. The smallest absolute Gasteiger partial charge is 0.272 e. The van der Waals surface area contributed by atoms with E-state index in [1.54, 1.807) is 24.1 Å². The van der Waals surface area contributed by atoms with Crippen LogP contribution in [0.15, 0.2) is 28.9 Å². The van der Waals surface area contributed by atoms with Crippen LogP contribution < -0.4 is 4.74 Å². The minimum Gasteiger partial charge on any atom is -0.497 e. The van der Waals surface area contributed by atoms with Crippen molar-refractivity contribution in [2.75, 3.05) is 20.2 Å².